The van der Waals surface area contributed by atoms with E-state index in [0.717, 1.165) is 55.8 Å². The van der Waals surface area contributed by atoms with Gasteiger partial charge in [-0.05, 0) is 110 Å². The van der Waals surface area contributed by atoms with Gasteiger partial charge in [0.2, 0.25) is 0 Å². The van der Waals surface area contributed by atoms with E-state index in [-0.39, 0.29) is 37.8 Å². The molecule has 0 aliphatic carbocycles. The zero-order valence-electron chi connectivity index (χ0n) is 45.6. The first-order valence-electron chi connectivity index (χ1n) is 25.6. The molecule has 346 valence electrons. The van der Waals surface area contributed by atoms with Crippen LogP contribution < -0.4 is 0 Å². The molecule has 2 aromatic heterocycles. The van der Waals surface area contributed by atoms with Gasteiger partial charge in [0.05, 0.1) is 22.3 Å². The number of fused-ring (bicyclic) bond motifs is 1. The van der Waals surface area contributed by atoms with Crippen molar-refractivity contribution >= 4 is 11.0 Å². The van der Waals surface area contributed by atoms with Gasteiger partial charge in [-0.1, -0.05) is 195 Å². The summed E-state index contributed by atoms with van der Waals surface area (Å²) in [6.45, 7) is 17.2. The standard InChI is InChI=1S/C63H62N3O.Pt/c1-39(2)50-24-18-25-51(40(3)4)58(50)45-28-29-56(41(5)32-45)66-57-27-19-26-52(59(57)65-61(66)53-37-49(62(6,7)8)38-54(60(53)67)63(9,10)11)47-33-46(43-22-16-13-17-23-43)34-48(35-47)55-36-44(30-31-64-55)42-20-14-12-15-21-42;/h12-34,36-40,67H,1-11H3;/q-1;/i5D3,39D,40D;. The fraction of sp³-hybridized carbons (Fsp3) is 0.238. The number of imidazole rings is 1. The van der Waals surface area contributed by atoms with Crippen LogP contribution in [0.1, 0.15) is 116 Å². The van der Waals surface area contributed by atoms with Crippen LogP contribution in [0.3, 0.4) is 0 Å². The van der Waals surface area contributed by atoms with E-state index in [0.29, 0.717) is 50.4 Å². The number of benzene rings is 7. The molecule has 7 aromatic carbocycles. The summed E-state index contributed by atoms with van der Waals surface area (Å²) >= 11 is 0. The third-order valence-electron chi connectivity index (χ3n) is 12.8. The minimum absolute atomic E-state index is 0. The van der Waals surface area contributed by atoms with Crippen LogP contribution in [0, 0.1) is 12.9 Å². The van der Waals surface area contributed by atoms with Crippen LogP contribution in [0.15, 0.2) is 158 Å². The van der Waals surface area contributed by atoms with E-state index < -0.39 is 24.1 Å². The summed E-state index contributed by atoms with van der Waals surface area (Å²) in [4.78, 5) is 10.4. The van der Waals surface area contributed by atoms with Crippen LogP contribution in [0.5, 0.6) is 5.75 Å². The smallest absolute Gasteiger partial charge is 0.148 e. The van der Waals surface area contributed by atoms with Gasteiger partial charge in [-0.15, -0.1) is 23.8 Å². The minimum atomic E-state index is -2.64. The molecule has 0 saturated heterocycles. The summed E-state index contributed by atoms with van der Waals surface area (Å²) < 4.78 is 47.9. The number of para-hydroxylation sites is 1. The maximum Gasteiger partial charge on any atom is 0.148 e. The van der Waals surface area contributed by atoms with Crippen molar-refractivity contribution in [3.8, 4) is 78.6 Å². The van der Waals surface area contributed by atoms with Gasteiger partial charge in [0.25, 0.3) is 0 Å². The molecule has 1 N–H and O–H groups in total. The maximum atomic E-state index is 12.6. The molecular formula is C63H62N3OPt-. The number of rotatable bonds is 9. The maximum absolute atomic E-state index is 12.6. The van der Waals surface area contributed by atoms with E-state index in [4.69, 9.17) is 9.97 Å². The Bertz CT molecular complexity index is 3470. The van der Waals surface area contributed by atoms with Gasteiger partial charge in [0.1, 0.15) is 11.6 Å². The van der Waals surface area contributed by atoms with Crippen molar-refractivity contribution in [2.45, 2.75) is 98.7 Å². The van der Waals surface area contributed by atoms with Crippen LogP contribution in [-0.4, -0.2) is 19.6 Å². The summed E-state index contributed by atoms with van der Waals surface area (Å²) in [5, 5.41) is 12.6. The number of aromatic nitrogens is 3. The predicted octanol–water partition coefficient (Wildman–Crippen LogP) is 17.1. The molecule has 5 heteroatoms. The summed E-state index contributed by atoms with van der Waals surface area (Å²) in [6, 6.07) is 53.6. The quantitative estimate of drug-likeness (QED) is 0.147. The number of pyridine rings is 1. The van der Waals surface area contributed by atoms with E-state index in [1.807, 2.05) is 136 Å². The second kappa shape index (κ2) is 19.0. The summed E-state index contributed by atoms with van der Waals surface area (Å²) in [6.07, 6.45) is 1.83. The molecule has 4 nitrogen and oxygen atoms in total. The van der Waals surface area contributed by atoms with Crippen molar-refractivity contribution in [3.63, 3.8) is 0 Å². The molecule has 0 unspecified atom stereocenters. The Hall–Kier alpha value is -6.35. The third-order valence-corrected chi connectivity index (χ3v) is 12.8. The molecule has 0 atom stereocenters. The van der Waals surface area contributed by atoms with Crippen LogP contribution in [0.2, 0.25) is 0 Å². The van der Waals surface area contributed by atoms with Gasteiger partial charge in [0, 0.05) is 45.4 Å². The Morgan fingerprint density at radius 3 is 1.85 bits per heavy atom. The van der Waals surface area contributed by atoms with Crippen molar-refractivity contribution in [2.24, 2.45) is 0 Å². The van der Waals surface area contributed by atoms with Crippen LogP contribution in [0.4, 0.5) is 0 Å². The fourth-order valence-electron chi connectivity index (χ4n) is 9.17. The second-order valence-corrected chi connectivity index (χ2v) is 20.2. The monoisotopic (exact) mass is 1080 g/mol. The van der Waals surface area contributed by atoms with Gasteiger partial charge in [0.15, 0.2) is 0 Å². The van der Waals surface area contributed by atoms with Gasteiger partial charge in [-0.3, -0.25) is 9.55 Å². The topological polar surface area (TPSA) is 50.9 Å². The number of nitrogens with zero attached hydrogens (tertiary/aromatic N) is 3. The van der Waals surface area contributed by atoms with Crippen molar-refractivity contribution in [1.82, 2.24) is 14.5 Å². The van der Waals surface area contributed by atoms with Crippen LogP contribution in [-0.2, 0) is 31.9 Å². The van der Waals surface area contributed by atoms with E-state index >= 15 is 0 Å². The molecule has 9 rings (SSSR count). The SMILES string of the molecule is [2H]C([2H])([2H])c1cc(-c2c(C([2H])(C)C)cccc2C([2H])(C)C)ccc1-n1c(-c2cc(C(C)(C)C)cc(C(C)(C)C)c2O)nc2c(-c3[c-]c(-c4cc(-c5ccccc5)ccn4)cc(-c4ccccc4)c3)cccc21.[Pt]. The zero-order chi connectivity index (χ0) is 51.7. The number of phenolic OH excluding ortho intramolecular Hbond substituents is 1. The Morgan fingerprint density at radius 1 is 0.603 bits per heavy atom. The first-order valence-corrected chi connectivity index (χ1v) is 23.1. The number of hydrogen-bond acceptors (Lipinski definition) is 3. The summed E-state index contributed by atoms with van der Waals surface area (Å²) in [5.41, 5.74) is 12.8. The zero-order valence-corrected chi connectivity index (χ0v) is 42.9. The molecule has 9 aromatic rings. The van der Waals surface area contributed by atoms with Crippen LogP contribution in [0.25, 0.3) is 83.9 Å². The Labute approximate surface area is 425 Å². The molecule has 0 saturated carbocycles. The van der Waals surface area contributed by atoms with Crippen LogP contribution >= 0.6 is 0 Å². The molecule has 2 heterocycles. The summed E-state index contributed by atoms with van der Waals surface area (Å²) in [7, 11) is 0. The van der Waals surface area contributed by atoms with E-state index in [1.54, 1.807) is 6.07 Å². The van der Waals surface area contributed by atoms with Crippen molar-refractivity contribution < 1.29 is 33.0 Å². The van der Waals surface area contributed by atoms with Crippen molar-refractivity contribution in [2.75, 3.05) is 0 Å². The molecule has 0 bridgehead atoms. The molecule has 0 aliphatic rings. The van der Waals surface area contributed by atoms with E-state index in [1.165, 1.54) is 0 Å². The fourth-order valence-corrected chi connectivity index (χ4v) is 9.17. The second-order valence-electron chi connectivity index (χ2n) is 20.2. The first kappa shape index (κ1) is 41.8. The largest absolute Gasteiger partial charge is 0.507 e. The molecule has 68 heavy (non-hydrogen) atoms. The number of aromatic hydroxyl groups is 1. The van der Waals surface area contributed by atoms with Gasteiger partial charge >= 0.3 is 0 Å². The van der Waals surface area contributed by atoms with Crippen molar-refractivity contribution in [1.29, 1.82) is 0 Å². The van der Waals surface area contributed by atoms with Gasteiger partial charge < -0.3 is 5.11 Å². The van der Waals surface area contributed by atoms with Crippen molar-refractivity contribution in [3.05, 3.63) is 192 Å². The molecule has 0 spiro atoms. The van der Waals surface area contributed by atoms with E-state index in [2.05, 4.69) is 96.1 Å². The molecule has 0 radical (unpaired) electrons. The van der Waals surface area contributed by atoms with E-state index in [9.17, 15) is 12.0 Å². The van der Waals surface area contributed by atoms with Gasteiger partial charge in [-0.2, -0.15) is 0 Å². The molecule has 0 amide bonds. The molecule has 0 aliphatic heterocycles. The normalized spacial score (nSPS) is 13.5. The minimum Gasteiger partial charge on any atom is -0.507 e. The average Bonchev–Trinajstić information content (AvgIpc) is 3.72. The molecular weight excluding hydrogens is 1010 g/mol. The Balaban J connectivity index is 0.00000711. The first-order chi connectivity index (χ1) is 33.8. The third kappa shape index (κ3) is 9.29. The number of phenols is 1. The number of hydrogen-bond donors (Lipinski definition) is 1. The van der Waals surface area contributed by atoms with Gasteiger partial charge in [-0.25, -0.2) is 4.98 Å². The average molecular weight is 1080 g/mol. The Kier molecular flexibility index (Phi) is 11.7. The predicted molar refractivity (Wildman–Crippen MR) is 282 cm³/mol. The summed E-state index contributed by atoms with van der Waals surface area (Å²) in [5.74, 6) is -1.67. The Morgan fingerprint density at radius 2 is 1.24 bits per heavy atom. The number of aryl methyl sites for hydroxylation is 1. The molecule has 0 fully saturated rings.